The first-order valence-corrected chi connectivity index (χ1v) is 6.02. The van der Waals surface area contributed by atoms with Gasteiger partial charge in [0.2, 0.25) is 0 Å². The maximum absolute atomic E-state index is 11.0. The summed E-state index contributed by atoms with van der Waals surface area (Å²) in [6, 6.07) is 7.22. The lowest BCUT2D eigenvalue weighted by Gasteiger charge is -2.08. The first-order valence-electron chi connectivity index (χ1n) is 5.14. The highest BCUT2D eigenvalue weighted by Crippen LogP contribution is 2.16. The summed E-state index contributed by atoms with van der Waals surface area (Å²) in [6.07, 6.45) is 0. The molecule has 0 aromatic carbocycles. The van der Waals surface area contributed by atoms with Gasteiger partial charge in [-0.05, 0) is 30.5 Å². The third-order valence-electron chi connectivity index (χ3n) is 2.28. The quantitative estimate of drug-likeness (QED) is 0.873. The first-order chi connectivity index (χ1) is 8.16. The summed E-state index contributed by atoms with van der Waals surface area (Å²) in [5.41, 5.74) is 0.996. The molecule has 0 unspecified atom stereocenters. The monoisotopic (exact) mass is 248 g/mol. The Kier molecular flexibility index (Phi) is 3.39. The number of carbonyl (C=O) groups is 1. The van der Waals surface area contributed by atoms with Crippen molar-refractivity contribution >= 4 is 23.1 Å². The minimum absolute atomic E-state index is 0.201. The van der Waals surface area contributed by atoms with Gasteiger partial charge in [0, 0.05) is 10.6 Å². The lowest BCUT2D eigenvalue weighted by atomic mass is 10.2. The molecule has 0 saturated heterocycles. The van der Waals surface area contributed by atoms with Gasteiger partial charge < -0.3 is 10.4 Å². The zero-order chi connectivity index (χ0) is 12.3. The van der Waals surface area contributed by atoms with Crippen molar-refractivity contribution in [2.24, 2.45) is 0 Å². The number of rotatable bonds is 4. The van der Waals surface area contributed by atoms with E-state index in [9.17, 15) is 4.79 Å². The van der Waals surface area contributed by atoms with Crippen LogP contribution in [-0.4, -0.2) is 16.1 Å². The number of aromatic nitrogens is 1. The molecule has 0 fully saturated rings. The van der Waals surface area contributed by atoms with Gasteiger partial charge in [-0.25, -0.2) is 9.78 Å². The van der Waals surface area contributed by atoms with Crippen LogP contribution in [0.25, 0.3) is 0 Å². The van der Waals surface area contributed by atoms with Gasteiger partial charge in [0.15, 0.2) is 0 Å². The third kappa shape index (κ3) is 2.82. The average Bonchev–Trinajstić information content (AvgIpc) is 2.78. The Morgan fingerprint density at radius 1 is 1.47 bits per heavy atom. The van der Waals surface area contributed by atoms with Gasteiger partial charge in [-0.1, -0.05) is 6.07 Å². The summed E-state index contributed by atoms with van der Waals surface area (Å²) in [6.45, 7) is 2.43. The normalized spacial score (nSPS) is 10.2. The van der Waals surface area contributed by atoms with E-state index in [-0.39, 0.29) is 5.56 Å². The van der Waals surface area contributed by atoms with Crippen molar-refractivity contribution in [3.05, 3.63) is 45.8 Å². The largest absolute Gasteiger partial charge is 0.478 e. The summed E-state index contributed by atoms with van der Waals surface area (Å²) in [5.74, 6) is -0.544. The van der Waals surface area contributed by atoms with Crippen molar-refractivity contribution in [2.45, 2.75) is 13.5 Å². The zero-order valence-electron chi connectivity index (χ0n) is 9.30. The van der Waals surface area contributed by atoms with Gasteiger partial charge in [0.05, 0.1) is 6.54 Å². The van der Waals surface area contributed by atoms with Gasteiger partial charge >= 0.3 is 5.97 Å². The summed E-state index contributed by atoms with van der Waals surface area (Å²) >= 11 is 1.62. The standard InChI is InChI=1S/C12H12N2O2S/c1-8-4-5-10(12(15)16)11(14-8)13-7-9-3-2-6-17-9/h2-6H,7H2,1H3,(H,13,14)(H,15,16). The fraction of sp³-hybridized carbons (Fsp3) is 0.167. The molecule has 2 aromatic heterocycles. The molecule has 5 heteroatoms. The van der Waals surface area contributed by atoms with Crippen LogP contribution >= 0.6 is 11.3 Å². The molecule has 0 aliphatic carbocycles. The van der Waals surface area contributed by atoms with Gasteiger partial charge in [0.1, 0.15) is 11.4 Å². The first kappa shape index (κ1) is 11.6. The molecule has 0 spiro atoms. The number of hydrogen-bond acceptors (Lipinski definition) is 4. The maximum Gasteiger partial charge on any atom is 0.339 e. The second kappa shape index (κ2) is 4.97. The van der Waals surface area contributed by atoms with E-state index in [0.29, 0.717) is 12.4 Å². The Bertz CT molecular complexity index is 523. The van der Waals surface area contributed by atoms with Gasteiger partial charge in [-0.3, -0.25) is 0 Å². The molecule has 2 rings (SSSR count). The number of aromatic carboxylic acids is 1. The topological polar surface area (TPSA) is 62.2 Å². The van der Waals surface area contributed by atoms with Crippen LogP contribution in [0.3, 0.4) is 0 Å². The number of nitrogens with one attached hydrogen (secondary N) is 1. The van der Waals surface area contributed by atoms with Gasteiger partial charge in [0.25, 0.3) is 0 Å². The molecular weight excluding hydrogens is 236 g/mol. The van der Waals surface area contributed by atoms with E-state index in [1.54, 1.807) is 23.5 Å². The third-order valence-corrected chi connectivity index (χ3v) is 3.15. The molecule has 88 valence electrons. The molecule has 0 radical (unpaired) electrons. The van der Waals surface area contributed by atoms with Crippen LogP contribution in [-0.2, 0) is 6.54 Å². The Balaban J connectivity index is 2.19. The van der Waals surface area contributed by atoms with Crippen molar-refractivity contribution in [1.29, 1.82) is 0 Å². The molecule has 17 heavy (non-hydrogen) atoms. The molecule has 2 heterocycles. The van der Waals surface area contributed by atoms with E-state index in [2.05, 4.69) is 10.3 Å². The average molecular weight is 248 g/mol. The van der Waals surface area contributed by atoms with E-state index in [4.69, 9.17) is 5.11 Å². The van der Waals surface area contributed by atoms with Crippen molar-refractivity contribution in [3.8, 4) is 0 Å². The Labute approximate surface area is 103 Å². The Morgan fingerprint density at radius 3 is 2.94 bits per heavy atom. The minimum Gasteiger partial charge on any atom is -0.478 e. The fourth-order valence-corrected chi connectivity index (χ4v) is 2.09. The number of carboxylic acid groups (broad SMARTS) is 1. The number of anilines is 1. The predicted molar refractivity (Wildman–Crippen MR) is 67.6 cm³/mol. The van der Waals surface area contributed by atoms with E-state index in [1.807, 2.05) is 24.4 Å². The van der Waals surface area contributed by atoms with Crippen molar-refractivity contribution < 1.29 is 9.90 Å². The zero-order valence-corrected chi connectivity index (χ0v) is 10.1. The molecular formula is C12H12N2O2S. The van der Waals surface area contributed by atoms with Crippen LogP contribution in [0.1, 0.15) is 20.9 Å². The molecule has 4 nitrogen and oxygen atoms in total. The number of thiophene rings is 1. The number of nitrogens with zero attached hydrogens (tertiary/aromatic N) is 1. The highest BCUT2D eigenvalue weighted by molar-refractivity contribution is 7.09. The molecule has 0 bridgehead atoms. The molecule has 0 saturated carbocycles. The van der Waals surface area contributed by atoms with E-state index < -0.39 is 5.97 Å². The molecule has 0 amide bonds. The van der Waals surface area contributed by atoms with Crippen molar-refractivity contribution in [2.75, 3.05) is 5.32 Å². The summed E-state index contributed by atoms with van der Waals surface area (Å²) in [7, 11) is 0. The number of hydrogen-bond donors (Lipinski definition) is 2. The van der Waals surface area contributed by atoms with Crippen molar-refractivity contribution in [3.63, 3.8) is 0 Å². The van der Waals surface area contributed by atoms with Crippen LogP contribution < -0.4 is 5.32 Å². The van der Waals surface area contributed by atoms with E-state index >= 15 is 0 Å². The van der Waals surface area contributed by atoms with Gasteiger partial charge in [-0.2, -0.15) is 0 Å². The predicted octanol–water partition coefficient (Wildman–Crippen LogP) is 2.76. The molecule has 2 N–H and O–H groups in total. The number of carboxylic acids is 1. The van der Waals surface area contributed by atoms with E-state index in [0.717, 1.165) is 10.6 Å². The van der Waals surface area contributed by atoms with E-state index in [1.165, 1.54) is 0 Å². The lowest BCUT2D eigenvalue weighted by molar-refractivity contribution is 0.0697. The van der Waals surface area contributed by atoms with Crippen LogP contribution in [0, 0.1) is 6.92 Å². The van der Waals surface area contributed by atoms with Crippen LogP contribution in [0.5, 0.6) is 0 Å². The smallest absolute Gasteiger partial charge is 0.339 e. The molecule has 2 aromatic rings. The second-order valence-electron chi connectivity index (χ2n) is 3.59. The van der Waals surface area contributed by atoms with Gasteiger partial charge in [-0.15, -0.1) is 11.3 Å². The maximum atomic E-state index is 11.0. The summed E-state index contributed by atoms with van der Waals surface area (Å²) < 4.78 is 0. The molecule has 0 aliphatic heterocycles. The summed E-state index contributed by atoms with van der Waals surface area (Å²) in [4.78, 5) is 16.4. The number of pyridine rings is 1. The van der Waals surface area contributed by atoms with Crippen molar-refractivity contribution in [1.82, 2.24) is 4.98 Å². The van der Waals surface area contributed by atoms with Crippen LogP contribution in [0.2, 0.25) is 0 Å². The fourth-order valence-electron chi connectivity index (χ4n) is 1.45. The highest BCUT2D eigenvalue weighted by atomic mass is 32.1. The number of aryl methyl sites for hydroxylation is 1. The lowest BCUT2D eigenvalue weighted by Crippen LogP contribution is -2.08. The van der Waals surface area contributed by atoms with Crippen LogP contribution in [0.15, 0.2) is 29.6 Å². The SMILES string of the molecule is Cc1ccc(C(=O)O)c(NCc2cccs2)n1. The Morgan fingerprint density at radius 2 is 2.29 bits per heavy atom. The minimum atomic E-state index is -0.967. The highest BCUT2D eigenvalue weighted by Gasteiger charge is 2.11. The molecule has 0 aliphatic rings. The van der Waals surface area contributed by atoms with Crippen LogP contribution in [0.4, 0.5) is 5.82 Å². The Hall–Kier alpha value is -1.88. The second-order valence-corrected chi connectivity index (χ2v) is 4.62. The summed E-state index contributed by atoms with van der Waals surface area (Å²) in [5, 5.41) is 14.1. The molecule has 0 atom stereocenters.